The standard InChI is InChI=1S/C28H30BrNO9S/c1-14-7-6-8-21-24(14)19(11-20-9-10-23(29)40-20)12-30(21)28-27(38-18(5)34)26(37-17(4)33)25(36-16(3)32)22(39-28)13-35-15(2)31/h6-10,12,22,25-28H,11,13H2,1-5H3/t22-,25-,26+,27-,28?/m1/s1/i2D,3D,4D,5D. The highest BCUT2D eigenvalue weighted by Crippen LogP contribution is 2.39. The van der Waals surface area contributed by atoms with E-state index >= 15 is 0 Å². The van der Waals surface area contributed by atoms with E-state index in [-0.39, 0.29) is 0 Å². The van der Waals surface area contributed by atoms with Crippen molar-refractivity contribution < 1.29 is 48.3 Å². The predicted molar refractivity (Wildman–Crippen MR) is 149 cm³/mol. The molecule has 1 saturated heterocycles. The number of benzene rings is 1. The summed E-state index contributed by atoms with van der Waals surface area (Å²) in [7, 11) is 0. The van der Waals surface area contributed by atoms with E-state index in [1.165, 1.54) is 0 Å². The van der Waals surface area contributed by atoms with Crippen LogP contribution >= 0.6 is 27.3 Å². The molecule has 0 bridgehead atoms. The van der Waals surface area contributed by atoms with Gasteiger partial charge in [-0.1, -0.05) is 12.1 Å². The number of fused-ring (bicyclic) bond motifs is 1. The first-order chi connectivity index (χ1) is 21.1. The Bertz CT molecular complexity index is 1520. The minimum Gasteiger partial charge on any atom is -0.463 e. The Kier molecular flexibility index (Phi) is 7.69. The second-order valence-electron chi connectivity index (χ2n) is 9.02. The molecule has 3 heterocycles. The van der Waals surface area contributed by atoms with Gasteiger partial charge in [0.25, 0.3) is 0 Å². The number of carbonyl (C=O) groups excluding carboxylic acids is 4. The Labute approximate surface area is 249 Å². The third kappa shape index (κ3) is 6.73. The fourth-order valence-corrected chi connectivity index (χ4v) is 6.36. The Morgan fingerprint density at radius 2 is 1.62 bits per heavy atom. The average Bonchev–Trinajstić information content (AvgIpc) is 3.60. The van der Waals surface area contributed by atoms with Crippen molar-refractivity contribution in [3.63, 3.8) is 0 Å². The number of halogens is 1. The molecule has 0 N–H and O–H groups in total. The molecule has 0 spiro atoms. The quantitative estimate of drug-likeness (QED) is 0.257. The number of rotatable bonds is 8. The Morgan fingerprint density at radius 3 is 2.27 bits per heavy atom. The summed E-state index contributed by atoms with van der Waals surface area (Å²) in [6.07, 6.45) is -4.81. The van der Waals surface area contributed by atoms with E-state index in [4.69, 9.17) is 29.2 Å². The third-order valence-corrected chi connectivity index (χ3v) is 7.86. The summed E-state index contributed by atoms with van der Waals surface area (Å²) in [5.41, 5.74) is 2.52. The molecular formula is C28H30BrNO9S. The highest BCUT2D eigenvalue weighted by Gasteiger charge is 2.53. The zero-order chi connectivity index (χ0) is 32.0. The van der Waals surface area contributed by atoms with Crippen LogP contribution in [0.2, 0.25) is 0 Å². The lowest BCUT2D eigenvalue weighted by molar-refractivity contribution is -0.267. The summed E-state index contributed by atoms with van der Waals surface area (Å²) >= 11 is 5.06. The molecule has 10 nitrogen and oxygen atoms in total. The van der Waals surface area contributed by atoms with Gasteiger partial charge in [0.15, 0.2) is 24.5 Å². The number of hydrogen-bond donors (Lipinski definition) is 0. The molecule has 0 saturated carbocycles. The molecule has 1 aliphatic rings. The molecule has 0 radical (unpaired) electrons. The molecule has 1 fully saturated rings. The van der Waals surface area contributed by atoms with Gasteiger partial charge < -0.3 is 28.3 Å². The summed E-state index contributed by atoms with van der Waals surface area (Å²) < 4.78 is 60.5. The number of carbonyl (C=O) groups is 4. The number of aryl methyl sites for hydroxylation is 1. The first kappa shape index (κ1) is 24.6. The zero-order valence-corrected chi connectivity index (χ0v) is 23.9. The van der Waals surface area contributed by atoms with Gasteiger partial charge in [-0.05, 0) is 52.2 Å². The maximum Gasteiger partial charge on any atom is 0.303 e. The minimum atomic E-state index is -1.57. The van der Waals surface area contributed by atoms with Crippen LogP contribution in [-0.4, -0.2) is 59.5 Å². The van der Waals surface area contributed by atoms with E-state index in [9.17, 15) is 19.2 Å². The molecule has 3 aromatic rings. The molecule has 214 valence electrons. The van der Waals surface area contributed by atoms with Crippen LogP contribution in [0.4, 0.5) is 0 Å². The molecule has 0 amide bonds. The van der Waals surface area contributed by atoms with Crippen LogP contribution in [0, 0.1) is 6.92 Å². The van der Waals surface area contributed by atoms with Gasteiger partial charge in [-0.3, -0.25) is 19.2 Å². The smallest absolute Gasteiger partial charge is 0.303 e. The summed E-state index contributed by atoms with van der Waals surface area (Å²) in [5.74, 6) is -3.95. The average molecular weight is 641 g/mol. The number of esters is 4. The molecule has 0 aliphatic carbocycles. The molecular weight excluding hydrogens is 606 g/mol. The lowest BCUT2D eigenvalue weighted by atomic mass is 9.97. The summed E-state index contributed by atoms with van der Waals surface area (Å²) in [6, 6.07) is 9.54. The lowest BCUT2D eigenvalue weighted by Gasteiger charge is -2.44. The van der Waals surface area contributed by atoms with Gasteiger partial charge in [0, 0.05) is 56.0 Å². The zero-order valence-electron chi connectivity index (χ0n) is 25.5. The molecule has 5 atom stereocenters. The van der Waals surface area contributed by atoms with E-state index in [2.05, 4.69) is 15.9 Å². The number of aromatic nitrogens is 1. The second kappa shape index (κ2) is 12.5. The van der Waals surface area contributed by atoms with Gasteiger partial charge in [0.05, 0.1) is 9.30 Å². The van der Waals surface area contributed by atoms with E-state index in [1.807, 2.05) is 43.5 Å². The van der Waals surface area contributed by atoms with E-state index in [1.54, 1.807) is 15.9 Å². The predicted octanol–water partition coefficient (Wildman–Crippen LogP) is 4.62. The molecule has 2 aromatic heterocycles. The van der Waals surface area contributed by atoms with Crippen molar-refractivity contribution in [2.24, 2.45) is 0 Å². The highest BCUT2D eigenvalue weighted by atomic mass is 79.9. The normalized spacial score (nSPS) is 23.8. The number of thiophene rings is 1. The van der Waals surface area contributed by atoms with Crippen LogP contribution in [0.1, 0.15) is 55.3 Å². The Balaban J connectivity index is 1.89. The first-order valence-electron chi connectivity index (χ1n) is 14.8. The maximum absolute atomic E-state index is 12.6. The van der Waals surface area contributed by atoms with E-state index in [0.717, 1.165) is 25.2 Å². The topological polar surface area (TPSA) is 119 Å². The van der Waals surface area contributed by atoms with Crippen LogP contribution in [-0.2, 0) is 49.3 Å². The SMILES string of the molecule is [2H]CC(=O)OC[C@H]1OC(n2cc(Cc3ccc(Br)s3)c3c(C)cccc32)[C@H](OC(=O)C[2H])[C@@H](OC(=O)C[2H])[C@@H]1OC(=O)C[2H]. The van der Waals surface area contributed by atoms with Crippen molar-refractivity contribution in [1.82, 2.24) is 4.57 Å². The molecule has 1 aromatic carbocycles. The summed E-state index contributed by atoms with van der Waals surface area (Å²) in [4.78, 5) is 50.4. The third-order valence-electron chi connectivity index (χ3n) is 6.23. The molecule has 1 unspecified atom stereocenters. The second-order valence-corrected chi connectivity index (χ2v) is 11.6. The summed E-state index contributed by atoms with van der Waals surface area (Å²) in [6.45, 7) is -1.69. The minimum absolute atomic E-state index is 0.535. The maximum atomic E-state index is 12.6. The van der Waals surface area contributed by atoms with E-state index in [0.29, 0.717) is 11.9 Å². The summed E-state index contributed by atoms with van der Waals surface area (Å²) in [5, 5.41) is 0.894. The van der Waals surface area contributed by atoms with Gasteiger partial charge >= 0.3 is 23.9 Å². The van der Waals surface area contributed by atoms with Crippen LogP contribution in [0.25, 0.3) is 10.9 Å². The van der Waals surface area contributed by atoms with Crippen molar-refractivity contribution in [3.8, 4) is 0 Å². The van der Waals surface area contributed by atoms with Crippen LogP contribution in [0.3, 0.4) is 0 Å². The molecule has 40 heavy (non-hydrogen) atoms. The Morgan fingerprint density at radius 1 is 0.950 bits per heavy atom. The highest BCUT2D eigenvalue weighted by molar-refractivity contribution is 9.11. The monoisotopic (exact) mass is 639 g/mol. The largest absolute Gasteiger partial charge is 0.463 e. The number of hydrogen-bond acceptors (Lipinski definition) is 10. The van der Waals surface area contributed by atoms with Crippen LogP contribution in [0.5, 0.6) is 0 Å². The fourth-order valence-electron chi connectivity index (χ4n) is 4.85. The van der Waals surface area contributed by atoms with Gasteiger partial charge in [-0.15, -0.1) is 11.3 Å². The lowest BCUT2D eigenvalue weighted by Crippen LogP contribution is -2.60. The van der Waals surface area contributed by atoms with Crippen molar-refractivity contribution in [2.45, 2.75) is 71.6 Å². The van der Waals surface area contributed by atoms with Crippen LogP contribution in [0.15, 0.2) is 40.3 Å². The van der Waals surface area contributed by atoms with Gasteiger partial charge in [0.2, 0.25) is 0 Å². The van der Waals surface area contributed by atoms with Crippen molar-refractivity contribution in [1.29, 1.82) is 0 Å². The first-order valence-corrected chi connectivity index (χ1v) is 13.6. The Hall–Kier alpha value is -3.22. The fraction of sp³-hybridized carbons (Fsp3) is 0.429. The van der Waals surface area contributed by atoms with Gasteiger partial charge in [0.1, 0.15) is 12.7 Å². The van der Waals surface area contributed by atoms with Crippen molar-refractivity contribution in [3.05, 3.63) is 56.3 Å². The number of ether oxygens (including phenoxy) is 5. The molecule has 4 rings (SSSR count). The van der Waals surface area contributed by atoms with Gasteiger partial charge in [-0.25, -0.2) is 0 Å². The van der Waals surface area contributed by atoms with Crippen molar-refractivity contribution in [2.75, 3.05) is 6.61 Å². The van der Waals surface area contributed by atoms with E-state index < -0.39 is 88.7 Å². The number of nitrogens with zero attached hydrogens (tertiary/aromatic N) is 1. The van der Waals surface area contributed by atoms with Gasteiger partial charge in [-0.2, -0.15) is 0 Å². The molecule has 1 aliphatic heterocycles. The molecule has 12 heteroatoms. The van der Waals surface area contributed by atoms with Crippen LogP contribution < -0.4 is 0 Å². The van der Waals surface area contributed by atoms with Crippen molar-refractivity contribution >= 4 is 62.0 Å².